The number of carbonyl (C=O) groups excluding carboxylic acids is 1. The molecule has 6 heteroatoms. The Bertz CT molecular complexity index is 907. The molecule has 0 radical (unpaired) electrons. The van der Waals surface area contributed by atoms with Crippen LogP contribution < -0.4 is 10.6 Å². The number of nitrogens with zero attached hydrogens (tertiary/aromatic N) is 1. The molecule has 1 aromatic heterocycles. The van der Waals surface area contributed by atoms with E-state index in [1.54, 1.807) is 0 Å². The maximum absolute atomic E-state index is 13.6. The molecule has 0 saturated carbocycles. The van der Waals surface area contributed by atoms with Crippen molar-refractivity contribution < 1.29 is 13.6 Å². The summed E-state index contributed by atoms with van der Waals surface area (Å²) < 4.78 is 27.1. The summed E-state index contributed by atoms with van der Waals surface area (Å²) >= 11 is 0. The molecule has 3 rings (SSSR count). The van der Waals surface area contributed by atoms with Crippen LogP contribution in [0.4, 0.5) is 14.5 Å². The van der Waals surface area contributed by atoms with E-state index in [0.717, 1.165) is 34.4 Å². The van der Waals surface area contributed by atoms with E-state index in [2.05, 4.69) is 15.6 Å². The Balaban J connectivity index is 1.63. The van der Waals surface area contributed by atoms with Gasteiger partial charge in [0.05, 0.1) is 5.52 Å². The molecular weight excluding hydrogens is 324 g/mol. The minimum absolute atomic E-state index is 0.225. The molecule has 0 fully saturated rings. The number of fused-ring (bicyclic) bond motifs is 1. The van der Waals surface area contributed by atoms with Crippen molar-refractivity contribution >= 4 is 22.5 Å². The summed E-state index contributed by atoms with van der Waals surface area (Å²) in [5.41, 5.74) is 2.09. The standard InChI is InChI=1S/C19H17F2N3O/c1-12-11-17(13-5-2-3-8-16(13)24-12)22-9-10-23-19(25)18-14(20)6-4-7-15(18)21/h2-8,11H,9-10H2,1H3,(H,22,24)(H,23,25). The van der Waals surface area contributed by atoms with Crippen molar-refractivity contribution in [3.63, 3.8) is 0 Å². The minimum atomic E-state index is -0.874. The zero-order valence-corrected chi connectivity index (χ0v) is 13.6. The van der Waals surface area contributed by atoms with Gasteiger partial charge in [0, 0.05) is 29.9 Å². The van der Waals surface area contributed by atoms with Gasteiger partial charge in [0.15, 0.2) is 0 Å². The molecule has 0 unspecified atom stereocenters. The molecule has 0 aliphatic rings. The molecule has 0 bridgehead atoms. The topological polar surface area (TPSA) is 54.0 Å². The molecule has 2 aromatic carbocycles. The fraction of sp³-hybridized carbons (Fsp3) is 0.158. The van der Waals surface area contributed by atoms with Gasteiger partial charge in [0.25, 0.3) is 5.91 Å². The van der Waals surface area contributed by atoms with E-state index in [0.29, 0.717) is 6.54 Å². The van der Waals surface area contributed by atoms with Crippen molar-refractivity contribution in [2.24, 2.45) is 0 Å². The van der Waals surface area contributed by atoms with E-state index in [9.17, 15) is 13.6 Å². The minimum Gasteiger partial charge on any atom is -0.383 e. The average Bonchev–Trinajstić information content (AvgIpc) is 2.58. The second-order valence-electron chi connectivity index (χ2n) is 5.61. The average molecular weight is 341 g/mol. The lowest BCUT2D eigenvalue weighted by Gasteiger charge is -2.12. The van der Waals surface area contributed by atoms with Crippen LogP contribution in [0.25, 0.3) is 10.9 Å². The van der Waals surface area contributed by atoms with Crippen molar-refractivity contribution in [3.8, 4) is 0 Å². The van der Waals surface area contributed by atoms with Crippen LogP contribution in [0, 0.1) is 18.6 Å². The summed E-state index contributed by atoms with van der Waals surface area (Å²) in [7, 11) is 0. The van der Waals surface area contributed by atoms with Crippen molar-refractivity contribution in [2.45, 2.75) is 6.92 Å². The van der Waals surface area contributed by atoms with Gasteiger partial charge in [0.1, 0.15) is 17.2 Å². The molecule has 2 N–H and O–H groups in total. The van der Waals surface area contributed by atoms with Gasteiger partial charge in [-0.15, -0.1) is 0 Å². The van der Waals surface area contributed by atoms with E-state index in [-0.39, 0.29) is 6.54 Å². The maximum Gasteiger partial charge on any atom is 0.257 e. The molecule has 0 saturated heterocycles. The fourth-order valence-corrected chi connectivity index (χ4v) is 2.63. The summed E-state index contributed by atoms with van der Waals surface area (Å²) in [6.45, 7) is 2.54. The molecule has 1 heterocycles. The van der Waals surface area contributed by atoms with Crippen LogP contribution in [0.2, 0.25) is 0 Å². The van der Waals surface area contributed by atoms with Crippen LogP contribution in [0.5, 0.6) is 0 Å². The number of carbonyl (C=O) groups is 1. The molecule has 128 valence electrons. The van der Waals surface area contributed by atoms with Gasteiger partial charge in [-0.3, -0.25) is 9.78 Å². The molecule has 0 aliphatic heterocycles. The summed E-state index contributed by atoms with van der Waals surface area (Å²) in [4.78, 5) is 16.4. The van der Waals surface area contributed by atoms with E-state index < -0.39 is 23.1 Å². The first kappa shape index (κ1) is 16.8. The Labute approximate surface area is 143 Å². The van der Waals surface area contributed by atoms with Gasteiger partial charge in [-0.05, 0) is 31.2 Å². The number of hydrogen-bond donors (Lipinski definition) is 2. The first-order valence-corrected chi connectivity index (χ1v) is 7.89. The van der Waals surface area contributed by atoms with Crippen LogP contribution in [0.1, 0.15) is 16.1 Å². The third-order valence-electron chi connectivity index (χ3n) is 3.76. The van der Waals surface area contributed by atoms with Crippen LogP contribution >= 0.6 is 0 Å². The Morgan fingerprint density at radius 2 is 1.76 bits per heavy atom. The van der Waals surface area contributed by atoms with Gasteiger partial charge in [-0.25, -0.2) is 8.78 Å². The largest absolute Gasteiger partial charge is 0.383 e. The van der Waals surface area contributed by atoms with Gasteiger partial charge in [-0.2, -0.15) is 0 Å². The summed E-state index contributed by atoms with van der Waals surface area (Å²) in [5, 5.41) is 6.71. The van der Waals surface area contributed by atoms with Crippen molar-refractivity contribution in [2.75, 3.05) is 18.4 Å². The molecule has 3 aromatic rings. The smallest absolute Gasteiger partial charge is 0.257 e. The second-order valence-corrected chi connectivity index (χ2v) is 5.61. The molecule has 1 amide bonds. The highest BCUT2D eigenvalue weighted by atomic mass is 19.1. The van der Waals surface area contributed by atoms with Crippen LogP contribution in [0.3, 0.4) is 0 Å². The van der Waals surface area contributed by atoms with Crippen molar-refractivity contribution in [3.05, 3.63) is 71.4 Å². The molecule has 0 aliphatic carbocycles. The second kappa shape index (κ2) is 7.25. The number of hydrogen-bond acceptors (Lipinski definition) is 3. The third-order valence-corrected chi connectivity index (χ3v) is 3.76. The SMILES string of the molecule is Cc1cc(NCCNC(=O)c2c(F)cccc2F)c2ccccc2n1. The number of amides is 1. The van der Waals surface area contributed by atoms with Gasteiger partial charge >= 0.3 is 0 Å². The van der Waals surface area contributed by atoms with Crippen LogP contribution in [-0.2, 0) is 0 Å². The molecule has 0 atom stereocenters. The number of aryl methyl sites for hydroxylation is 1. The zero-order chi connectivity index (χ0) is 17.8. The predicted molar refractivity (Wildman–Crippen MR) is 93.7 cm³/mol. The molecule has 4 nitrogen and oxygen atoms in total. The third kappa shape index (κ3) is 3.74. The van der Waals surface area contributed by atoms with E-state index in [1.807, 2.05) is 37.3 Å². The number of pyridine rings is 1. The quantitative estimate of drug-likeness (QED) is 0.696. The lowest BCUT2D eigenvalue weighted by Crippen LogP contribution is -2.30. The van der Waals surface area contributed by atoms with E-state index >= 15 is 0 Å². The molecule has 0 spiro atoms. The number of benzene rings is 2. The Morgan fingerprint density at radius 3 is 2.52 bits per heavy atom. The van der Waals surface area contributed by atoms with E-state index in [4.69, 9.17) is 0 Å². The van der Waals surface area contributed by atoms with Crippen LogP contribution in [-0.4, -0.2) is 24.0 Å². The Morgan fingerprint density at radius 1 is 1.04 bits per heavy atom. The summed E-state index contributed by atoms with van der Waals surface area (Å²) in [6.07, 6.45) is 0. The Kier molecular flexibility index (Phi) is 4.88. The molecular formula is C19H17F2N3O. The normalized spacial score (nSPS) is 10.7. The highest BCUT2D eigenvalue weighted by Gasteiger charge is 2.16. The van der Waals surface area contributed by atoms with Crippen LogP contribution in [0.15, 0.2) is 48.5 Å². The highest BCUT2D eigenvalue weighted by molar-refractivity contribution is 5.95. The lowest BCUT2D eigenvalue weighted by molar-refractivity contribution is 0.0947. The van der Waals surface area contributed by atoms with Crippen molar-refractivity contribution in [1.82, 2.24) is 10.3 Å². The van der Waals surface area contributed by atoms with Gasteiger partial charge in [0.2, 0.25) is 0 Å². The summed E-state index contributed by atoms with van der Waals surface area (Å²) in [6, 6.07) is 13.0. The zero-order valence-electron chi connectivity index (χ0n) is 13.6. The number of nitrogens with one attached hydrogen (secondary N) is 2. The van der Waals surface area contributed by atoms with Crippen molar-refractivity contribution in [1.29, 1.82) is 0 Å². The predicted octanol–water partition coefficient (Wildman–Crippen LogP) is 3.66. The number of halogens is 2. The van der Waals surface area contributed by atoms with Gasteiger partial charge < -0.3 is 10.6 Å². The number of para-hydroxylation sites is 1. The lowest BCUT2D eigenvalue weighted by atomic mass is 10.1. The first-order chi connectivity index (χ1) is 12.1. The number of anilines is 1. The Hall–Kier alpha value is -3.02. The number of rotatable bonds is 5. The van der Waals surface area contributed by atoms with Gasteiger partial charge in [-0.1, -0.05) is 24.3 Å². The monoisotopic (exact) mass is 341 g/mol. The fourth-order valence-electron chi connectivity index (χ4n) is 2.63. The highest BCUT2D eigenvalue weighted by Crippen LogP contribution is 2.22. The van der Waals surface area contributed by atoms with E-state index in [1.165, 1.54) is 6.07 Å². The summed E-state index contributed by atoms with van der Waals surface area (Å²) in [5.74, 6) is -2.52. The number of aromatic nitrogens is 1. The molecule has 25 heavy (non-hydrogen) atoms. The maximum atomic E-state index is 13.6. The first-order valence-electron chi connectivity index (χ1n) is 7.89.